The predicted octanol–water partition coefficient (Wildman–Crippen LogP) is 0.465. The van der Waals surface area contributed by atoms with E-state index in [0.29, 0.717) is 6.61 Å². The number of ether oxygens (including phenoxy) is 1. The quantitative estimate of drug-likeness (QED) is 0.636. The lowest BCUT2D eigenvalue weighted by Gasteiger charge is -2.24. The summed E-state index contributed by atoms with van der Waals surface area (Å²) in [5.74, 6) is -0.120. The summed E-state index contributed by atoms with van der Waals surface area (Å²) < 4.78 is 4.89. The molecule has 14 heavy (non-hydrogen) atoms. The lowest BCUT2D eigenvalue weighted by Crippen LogP contribution is -2.43. The Labute approximate surface area is 86.4 Å². The van der Waals surface area contributed by atoms with Gasteiger partial charge in [-0.3, -0.25) is 4.79 Å². The molecule has 0 aliphatic rings. The third-order valence-corrected chi connectivity index (χ3v) is 2.19. The van der Waals surface area contributed by atoms with Crippen molar-refractivity contribution in [3.05, 3.63) is 0 Å². The third kappa shape index (κ3) is 4.58. The van der Waals surface area contributed by atoms with Gasteiger partial charge in [0.1, 0.15) is 6.04 Å². The smallest absolute Gasteiger partial charge is 0.323 e. The van der Waals surface area contributed by atoms with Gasteiger partial charge in [-0.05, 0) is 26.9 Å². The summed E-state index contributed by atoms with van der Waals surface area (Å²) >= 11 is 0. The molecule has 2 N–H and O–H groups in total. The van der Waals surface area contributed by atoms with Crippen molar-refractivity contribution in [1.29, 1.82) is 0 Å². The van der Waals surface area contributed by atoms with Crippen LogP contribution in [0.5, 0.6) is 0 Å². The molecule has 0 aromatic rings. The van der Waals surface area contributed by atoms with E-state index in [0.717, 1.165) is 13.0 Å². The second-order valence-electron chi connectivity index (χ2n) is 3.71. The van der Waals surface area contributed by atoms with Crippen LogP contribution in [0.25, 0.3) is 0 Å². The highest BCUT2D eigenvalue weighted by atomic mass is 16.5. The van der Waals surface area contributed by atoms with Crippen molar-refractivity contribution in [1.82, 2.24) is 4.90 Å². The molecule has 0 aromatic carbocycles. The summed E-state index contributed by atoms with van der Waals surface area (Å²) in [4.78, 5) is 13.4. The van der Waals surface area contributed by atoms with E-state index >= 15 is 0 Å². The van der Waals surface area contributed by atoms with Gasteiger partial charge in [0, 0.05) is 6.54 Å². The molecule has 0 saturated carbocycles. The minimum Gasteiger partial charge on any atom is -0.465 e. The summed E-state index contributed by atoms with van der Waals surface area (Å²) in [6.07, 6.45) is 0.887. The van der Waals surface area contributed by atoms with E-state index in [1.54, 1.807) is 6.92 Å². The number of nitrogens with two attached hydrogens (primary N) is 1. The van der Waals surface area contributed by atoms with E-state index in [9.17, 15) is 4.79 Å². The molecule has 2 unspecified atom stereocenters. The first kappa shape index (κ1) is 13.4. The number of hydrogen-bond donors (Lipinski definition) is 1. The van der Waals surface area contributed by atoms with Gasteiger partial charge in [0.15, 0.2) is 0 Å². The highest BCUT2D eigenvalue weighted by molar-refractivity contribution is 5.75. The van der Waals surface area contributed by atoms with Gasteiger partial charge >= 0.3 is 5.97 Å². The normalized spacial score (nSPS) is 15.3. The largest absolute Gasteiger partial charge is 0.465 e. The minimum atomic E-state index is -0.498. The average molecular weight is 202 g/mol. The number of nitrogens with zero attached hydrogens (tertiary/aromatic N) is 1. The maximum absolute atomic E-state index is 11.4. The van der Waals surface area contributed by atoms with Crippen LogP contribution in [0.15, 0.2) is 0 Å². The fraction of sp³-hybridized carbons (Fsp3) is 0.900. The maximum Gasteiger partial charge on any atom is 0.323 e. The van der Waals surface area contributed by atoms with E-state index in [-0.39, 0.29) is 11.9 Å². The first-order valence-corrected chi connectivity index (χ1v) is 5.09. The van der Waals surface area contributed by atoms with Crippen molar-refractivity contribution in [2.45, 2.75) is 26.3 Å². The van der Waals surface area contributed by atoms with Crippen molar-refractivity contribution in [2.24, 2.45) is 11.7 Å². The van der Waals surface area contributed by atoms with Gasteiger partial charge in [0.05, 0.1) is 6.61 Å². The molecule has 0 heterocycles. The van der Waals surface area contributed by atoms with Gasteiger partial charge in [-0.1, -0.05) is 13.3 Å². The summed E-state index contributed by atoms with van der Waals surface area (Å²) in [6, 6.07) is -0.498. The van der Waals surface area contributed by atoms with E-state index in [2.05, 4.69) is 0 Å². The molecule has 0 saturated heterocycles. The van der Waals surface area contributed by atoms with Gasteiger partial charge in [0.25, 0.3) is 0 Å². The van der Waals surface area contributed by atoms with Crippen LogP contribution < -0.4 is 5.73 Å². The van der Waals surface area contributed by atoms with Crippen molar-refractivity contribution >= 4 is 5.97 Å². The van der Waals surface area contributed by atoms with Crippen molar-refractivity contribution in [3.8, 4) is 0 Å². The van der Waals surface area contributed by atoms with Crippen molar-refractivity contribution < 1.29 is 9.53 Å². The molecular formula is C10H22N2O2. The van der Waals surface area contributed by atoms with Crippen LogP contribution in [-0.2, 0) is 9.53 Å². The van der Waals surface area contributed by atoms with E-state index in [1.807, 2.05) is 25.9 Å². The van der Waals surface area contributed by atoms with Gasteiger partial charge in [-0.25, -0.2) is 0 Å². The Balaban J connectivity index is 4.15. The molecule has 0 rings (SSSR count). The van der Waals surface area contributed by atoms with E-state index < -0.39 is 6.04 Å². The van der Waals surface area contributed by atoms with Crippen LogP contribution in [-0.4, -0.2) is 44.2 Å². The number of hydrogen-bond acceptors (Lipinski definition) is 4. The summed E-state index contributed by atoms with van der Waals surface area (Å²) in [6.45, 7) is 5.03. The summed E-state index contributed by atoms with van der Waals surface area (Å²) in [5.41, 5.74) is 5.81. The molecule has 0 amide bonds. The monoisotopic (exact) mass is 202 g/mol. The van der Waals surface area contributed by atoms with E-state index in [1.165, 1.54) is 0 Å². The molecule has 0 bridgehead atoms. The molecular weight excluding hydrogens is 180 g/mol. The Morgan fingerprint density at radius 3 is 2.36 bits per heavy atom. The predicted molar refractivity (Wildman–Crippen MR) is 56.9 cm³/mol. The molecule has 0 aliphatic carbocycles. The molecule has 84 valence electrons. The Hall–Kier alpha value is -0.610. The van der Waals surface area contributed by atoms with Crippen LogP contribution in [0.2, 0.25) is 0 Å². The SMILES string of the molecule is CCOC(=O)C(N)C(CC)CN(C)C. The molecule has 4 heteroatoms. The maximum atomic E-state index is 11.4. The lowest BCUT2D eigenvalue weighted by atomic mass is 9.97. The number of carbonyl (C=O) groups is 1. The Kier molecular flexibility index (Phi) is 6.49. The Morgan fingerprint density at radius 2 is 2.00 bits per heavy atom. The number of esters is 1. The topological polar surface area (TPSA) is 55.6 Å². The Bertz CT molecular complexity index is 172. The fourth-order valence-corrected chi connectivity index (χ4v) is 1.40. The van der Waals surface area contributed by atoms with Gasteiger partial charge in [-0.15, -0.1) is 0 Å². The second kappa shape index (κ2) is 6.79. The molecule has 2 atom stereocenters. The zero-order valence-corrected chi connectivity index (χ0v) is 9.62. The number of rotatable bonds is 6. The standard InChI is InChI=1S/C10H22N2O2/c1-5-8(7-12(3)4)9(11)10(13)14-6-2/h8-9H,5-7,11H2,1-4H3. The molecule has 0 fully saturated rings. The molecule has 0 spiro atoms. The highest BCUT2D eigenvalue weighted by Crippen LogP contribution is 2.09. The molecule has 0 aromatic heterocycles. The van der Waals surface area contributed by atoms with Gasteiger partial charge in [-0.2, -0.15) is 0 Å². The zero-order chi connectivity index (χ0) is 11.1. The molecule has 0 aliphatic heterocycles. The van der Waals surface area contributed by atoms with Crippen molar-refractivity contribution in [2.75, 3.05) is 27.2 Å². The van der Waals surface area contributed by atoms with Crippen LogP contribution in [0.1, 0.15) is 20.3 Å². The lowest BCUT2D eigenvalue weighted by molar-refractivity contribution is -0.146. The van der Waals surface area contributed by atoms with Crippen LogP contribution >= 0.6 is 0 Å². The number of carbonyl (C=O) groups excluding carboxylic acids is 1. The average Bonchev–Trinajstić information content (AvgIpc) is 2.13. The van der Waals surface area contributed by atoms with Gasteiger partial charge < -0.3 is 15.4 Å². The third-order valence-electron chi connectivity index (χ3n) is 2.19. The summed E-state index contributed by atoms with van der Waals surface area (Å²) in [5, 5.41) is 0. The van der Waals surface area contributed by atoms with Crippen LogP contribution in [0.4, 0.5) is 0 Å². The fourth-order valence-electron chi connectivity index (χ4n) is 1.40. The Morgan fingerprint density at radius 1 is 1.43 bits per heavy atom. The highest BCUT2D eigenvalue weighted by Gasteiger charge is 2.24. The first-order chi connectivity index (χ1) is 6.52. The second-order valence-corrected chi connectivity index (χ2v) is 3.71. The molecule has 4 nitrogen and oxygen atoms in total. The summed E-state index contributed by atoms with van der Waals surface area (Å²) in [7, 11) is 3.95. The van der Waals surface area contributed by atoms with E-state index in [4.69, 9.17) is 10.5 Å². The van der Waals surface area contributed by atoms with Crippen LogP contribution in [0, 0.1) is 5.92 Å². The van der Waals surface area contributed by atoms with Crippen molar-refractivity contribution in [3.63, 3.8) is 0 Å². The zero-order valence-electron chi connectivity index (χ0n) is 9.62. The van der Waals surface area contributed by atoms with Crippen LogP contribution in [0.3, 0.4) is 0 Å². The first-order valence-electron chi connectivity index (χ1n) is 5.09. The minimum absolute atomic E-state index is 0.170. The molecule has 0 radical (unpaired) electrons. The van der Waals surface area contributed by atoms with Gasteiger partial charge in [0.2, 0.25) is 0 Å².